The minimum Gasteiger partial charge on any atom is -0.468 e. The van der Waals surface area contributed by atoms with Gasteiger partial charge in [0.05, 0.1) is 19.9 Å². The highest BCUT2D eigenvalue weighted by atomic mass is 16.5. The minimum atomic E-state index is -1.10. The molecule has 0 aliphatic rings. The van der Waals surface area contributed by atoms with Crippen LogP contribution < -0.4 is 0 Å². The molecule has 1 aromatic carbocycles. The quantitative estimate of drug-likeness (QED) is 0.572. The van der Waals surface area contributed by atoms with Gasteiger partial charge in [0.2, 0.25) is 0 Å². The van der Waals surface area contributed by atoms with Gasteiger partial charge in [0.15, 0.2) is 11.7 Å². The maximum absolute atomic E-state index is 11.7. The number of hydrogen-bond donors (Lipinski definition) is 0. The van der Waals surface area contributed by atoms with Crippen LogP contribution in [0.5, 0.6) is 0 Å². The lowest BCUT2D eigenvalue weighted by Gasteiger charge is -2.12. The SMILES string of the molecule is COC(=O)C(Cc1nnnn1-c1ccccc1)C(=O)OC. The number of ether oxygens (including phenoxy) is 2. The third-order valence-electron chi connectivity index (χ3n) is 2.89. The number of para-hydroxylation sites is 1. The van der Waals surface area contributed by atoms with Crippen molar-refractivity contribution in [3.63, 3.8) is 0 Å². The van der Waals surface area contributed by atoms with Gasteiger partial charge in [-0.25, -0.2) is 0 Å². The molecule has 0 saturated heterocycles. The van der Waals surface area contributed by atoms with E-state index < -0.39 is 17.9 Å². The fraction of sp³-hybridized carbons (Fsp3) is 0.308. The van der Waals surface area contributed by atoms with Crippen molar-refractivity contribution in [2.45, 2.75) is 6.42 Å². The predicted molar refractivity (Wildman–Crippen MR) is 70.4 cm³/mol. The Morgan fingerprint density at radius 2 is 1.76 bits per heavy atom. The number of nitrogens with zero attached hydrogens (tertiary/aromatic N) is 4. The van der Waals surface area contributed by atoms with Crippen molar-refractivity contribution in [2.24, 2.45) is 5.92 Å². The van der Waals surface area contributed by atoms with Crippen molar-refractivity contribution in [3.05, 3.63) is 36.2 Å². The van der Waals surface area contributed by atoms with E-state index in [1.165, 1.54) is 18.9 Å². The van der Waals surface area contributed by atoms with Crippen molar-refractivity contribution >= 4 is 11.9 Å². The third kappa shape index (κ3) is 3.22. The molecule has 0 saturated carbocycles. The van der Waals surface area contributed by atoms with Crippen LogP contribution in [-0.4, -0.2) is 46.4 Å². The Labute approximate surface area is 120 Å². The first-order valence-corrected chi connectivity index (χ1v) is 6.15. The molecule has 0 amide bonds. The van der Waals surface area contributed by atoms with Crippen LogP contribution in [0.2, 0.25) is 0 Å². The summed E-state index contributed by atoms with van der Waals surface area (Å²) >= 11 is 0. The Kier molecular flexibility index (Phi) is 4.60. The van der Waals surface area contributed by atoms with E-state index in [1.807, 2.05) is 30.3 Å². The highest BCUT2D eigenvalue weighted by Crippen LogP contribution is 2.13. The van der Waals surface area contributed by atoms with Crippen molar-refractivity contribution < 1.29 is 19.1 Å². The highest BCUT2D eigenvalue weighted by molar-refractivity contribution is 5.95. The molecule has 0 spiro atoms. The monoisotopic (exact) mass is 290 g/mol. The molecule has 110 valence electrons. The normalized spacial score (nSPS) is 10.4. The summed E-state index contributed by atoms with van der Waals surface area (Å²) in [6, 6.07) is 9.15. The molecule has 2 rings (SSSR count). The Bertz CT molecular complexity index is 610. The van der Waals surface area contributed by atoms with E-state index in [0.717, 1.165) is 5.69 Å². The molecule has 8 heteroatoms. The van der Waals surface area contributed by atoms with E-state index in [1.54, 1.807) is 0 Å². The first-order chi connectivity index (χ1) is 10.2. The zero-order valence-electron chi connectivity index (χ0n) is 11.6. The van der Waals surface area contributed by atoms with E-state index in [4.69, 9.17) is 0 Å². The molecule has 8 nitrogen and oxygen atoms in total. The van der Waals surface area contributed by atoms with Gasteiger partial charge in [0.1, 0.15) is 0 Å². The summed E-state index contributed by atoms with van der Waals surface area (Å²) in [6.45, 7) is 0. The van der Waals surface area contributed by atoms with Gasteiger partial charge >= 0.3 is 11.9 Å². The van der Waals surface area contributed by atoms with Crippen LogP contribution in [0, 0.1) is 5.92 Å². The molecule has 2 aromatic rings. The maximum Gasteiger partial charge on any atom is 0.320 e. The van der Waals surface area contributed by atoms with Gasteiger partial charge in [0, 0.05) is 6.42 Å². The fourth-order valence-electron chi connectivity index (χ4n) is 1.83. The lowest BCUT2D eigenvalue weighted by molar-refractivity contribution is -0.158. The Balaban J connectivity index is 2.29. The second-order valence-corrected chi connectivity index (χ2v) is 4.15. The molecule has 21 heavy (non-hydrogen) atoms. The summed E-state index contributed by atoms with van der Waals surface area (Å²) in [5.74, 6) is -2.12. The largest absolute Gasteiger partial charge is 0.468 e. The first-order valence-electron chi connectivity index (χ1n) is 6.15. The average molecular weight is 290 g/mol. The van der Waals surface area contributed by atoms with Gasteiger partial charge in [-0.2, -0.15) is 4.68 Å². The fourth-order valence-corrected chi connectivity index (χ4v) is 1.83. The number of esters is 2. The minimum absolute atomic E-state index is 0.0127. The number of rotatable bonds is 5. The molecule has 0 N–H and O–H groups in total. The molecule has 0 fully saturated rings. The van der Waals surface area contributed by atoms with Crippen molar-refractivity contribution in [3.8, 4) is 5.69 Å². The van der Waals surface area contributed by atoms with Crippen LogP contribution in [0.15, 0.2) is 30.3 Å². The number of carbonyl (C=O) groups excluding carboxylic acids is 2. The van der Waals surface area contributed by atoms with E-state index in [9.17, 15) is 9.59 Å². The molecule has 1 aromatic heterocycles. The molecular weight excluding hydrogens is 276 g/mol. The zero-order valence-corrected chi connectivity index (χ0v) is 11.6. The maximum atomic E-state index is 11.7. The predicted octanol–water partition coefficient (Wildman–Crippen LogP) is 0.167. The van der Waals surface area contributed by atoms with Gasteiger partial charge in [-0.1, -0.05) is 18.2 Å². The van der Waals surface area contributed by atoms with Crippen LogP contribution in [0.1, 0.15) is 5.82 Å². The molecule has 0 radical (unpaired) electrons. The Morgan fingerprint density at radius 1 is 1.14 bits per heavy atom. The summed E-state index contributed by atoms with van der Waals surface area (Å²) < 4.78 is 10.7. The number of hydrogen-bond acceptors (Lipinski definition) is 7. The summed E-state index contributed by atoms with van der Waals surface area (Å²) in [5.41, 5.74) is 0.728. The highest BCUT2D eigenvalue weighted by Gasteiger charge is 2.31. The van der Waals surface area contributed by atoms with E-state index in [2.05, 4.69) is 25.0 Å². The van der Waals surface area contributed by atoms with Gasteiger partial charge in [0.25, 0.3) is 0 Å². The molecule has 1 heterocycles. The number of aromatic nitrogens is 4. The van der Waals surface area contributed by atoms with Crippen LogP contribution in [0.3, 0.4) is 0 Å². The molecule has 0 bridgehead atoms. The Hall–Kier alpha value is -2.77. The van der Waals surface area contributed by atoms with Crippen LogP contribution in [0.25, 0.3) is 5.69 Å². The third-order valence-corrected chi connectivity index (χ3v) is 2.89. The average Bonchev–Trinajstić information content (AvgIpc) is 3.00. The summed E-state index contributed by atoms with van der Waals surface area (Å²) in [5, 5.41) is 11.3. The topological polar surface area (TPSA) is 96.2 Å². The van der Waals surface area contributed by atoms with E-state index in [0.29, 0.717) is 5.82 Å². The van der Waals surface area contributed by atoms with Gasteiger partial charge in [-0.15, -0.1) is 5.10 Å². The summed E-state index contributed by atoms with van der Waals surface area (Å²) in [4.78, 5) is 23.4. The number of tetrazole rings is 1. The Morgan fingerprint density at radius 3 is 2.33 bits per heavy atom. The van der Waals surface area contributed by atoms with Gasteiger partial charge in [-0.3, -0.25) is 9.59 Å². The first kappa shape index (κ1) is 14.6. The van der Waals surface area contributed by atoms with Crippen LogP contribution in [0.4, 0.5) is 0 Å². The molecule has 0 atom stereocenters. The summed E-state index contributed by atoms with van der Waals surface area (Å²) in [6.07, 6.45) is -0.0127. The number of methoxy groups -OCH3 is 2. The number of benzene rings is 1. The van der Waals surface area contributed by atoms with Crippen molar-refractivity contribution in [1.82, 2.24) is 20.2 Å². The van der Waals surface area contributed by atoms with Crippen LogP contribution in [-0.2, 0) is 25.5 Å². The zero-order chi connectivity index (χ0) is 15.2. The van der Waals surface area contributed by atoms with Crippen molar-refractivity contribution in [2.75, 3.05) is 14.2 Å². The lowest BCUT2D eigenvalue weighted by Crippen LogP contribution is -2.29. The molecule has 0 aliphatic carbocycles. The summed E-state index contributed by atoms with van der Waals surface area (Å²) in [7, 11) is 2.41. The van der Waals surface area contributed by atoms with Crippen molar-refractivity contribution in [1.29, 1.82) is 0 Å². The van der Waals surface area contributed by atoms with E-state index in [-0.39, 0.29) is 6.42 Å². The standard InChI is InChI=1S/C13H14N4O4/c1-20-12(18)10(13(19)21-2)8-11-14-15-16-17(11)9-6-4-3-5-7-9/h3-7,10H,8H2,1-2H3. The van der Waals surface area contributed by atoms with Gasteiger partial charge < -0.3 is 9.47 Å². The molecule has 0 aliphatic heterocycles. The van der Waals surface area contributed by atoms with Gasteiger partial charge in [-0.05, 0) is 22.6 Å². The smallest absolute Gasteiger partial charge is 0.320 e. The molecular formula is C13H14N4O4. The number of carbonyl (C=O) groups is 2. The second-order valence-electron chi connectivity index (χ2n) is 4.15. The molecule has 0 unspecified atom stereocenters. The second kappa shape index (κ2) is 6.60. The van der Waals surface area contributed by atoms with E-state index >= 15 is 0 Å². The van der Waals surface area contributed by atoms with Crippen LogP contribution >= 0.6 is 0 Å². The lowest BCUT2D eigenvalue weighted by atomic mass is 10.1.